The van der Waals surface area contributed by atoms with Gasteiger partial charge in [0.05, 0.1) is 0 Å². The van der Waals surface area contributed by atoms with Gasteiger partial charge in [0, 0.05) is 21.6 Å². The summed E-state index contributed by atoms with van der Waals surface area (Å²) in [6.07, 6.45) is 3.12. The fourth-order valence-electron chi connectivity index (χ4n) is 2.45. The predicted molar refractivity (Wildman–Crippen MR) is 80.1 cm³/mol. The van der Waals surface area contributed by atoms with Crippen LogP contribution in [0.15, 0.2) is 22.7 Å². The van der Waals surface area contributed by atoms with Crippen molar-refractivity contribution in [3.8, 4) is 0 Å². The molecule has 20 heavy (non-hydrogen) atoms. The van der Waals surface area contributed by atoms with Crippen molar-refractivity contribution in [3.05, 3.63) is 33.3 Å². The number of carbonyl (C=O) groups is 2. The normalized spacial score (nSPS) is 19.5. The van der Waals surface area contributed by atoms with E-state index in [2.05, 4.69) is 15.9 Å². The van der Waals surface area contributed by atoms with Crippen molar-refractivity contribution in [2.45, 2.75) is 31.7 Å². The summed E-state index contributed by atoms with van der Waals surface area (Å²) in [6.45, 7) is 0.472. The van der Waals surface area contributed by atoms with Crippen LogP contribution in [0.25, 0.3) is 0 Å². The maximum absolute atomic E-state index is 12.6. The lowest BCUT2D eigenvalue weighted by Crippen LogP contribution is -2.44. The molecule has 1 unspecified atom stereocenters. The Balaban J connectivity index is 2.30. The van der Waals surface area contributed by atoms with Gasteiger partial charge in [0.1, 0.15) is 6.04 Å². The molecule has 6 heteroatoms. The third-order valence-electron chi connectivity index (χ3n) is 3.41. The van der Waals surface area contributed by atoms with E-state index in [1.807, 2.05) is 0 Å². The van der Waals surface area contributed by atoms with Gasteiger partial charge in [-0.25, -0.2) is 4.79 Å². The summed E-state index contributed by atoms with van der Waals surface area (Å²) >= 11 is 9.24. The molecule has 1 N–H and O–H groups in total. The van der Waals surface area contributed by atoms with Crippen molar-refractivity contribution < 1.29 is 14.7 Å². The fraction of sp³-hybridized carbons (Fsp3) is 0.429. The van der Waals surface area contributed by atoms with Gasteiger partial charge >= 0.3 is 5.97 Å². The first-order valence-electron chi connectivity index (χ1n) is 6.49. The molecule has 0 spiro atoms. The Hall–Kier alpha value is -1.07. The monoisotopic (exact) mass is 359 g/mol. The predicted octanol–water partition coefficient (Wildman–Crippen LogP) is 3.57. The molecule has 1 saturated heterocycles. The molecule has 0 aliphatic carbocycles. The number of amides is 1. The van der Waals surface area contributed by atoms with Crippen molar-refractivity contribution in [2.24, 2.45) is 0 Å². The lowest BCUT2D eigenvalue weighted by molar-refractivity contribution is -0.142. The average Bonchev–Trinajstić information content (AvgIpc) is 2.62. The summed E-state index contributed by atoms with van der Waals surface area (Å²) in [6, 6.07) is 4.18. The summed E-state index contributed by atoms with van der Waals surface area (Å²) in [5.74, 6) is -1.22. The number of benzene rings is 1. The maximum Gasteiger partial charge on any atom is 0.326 e. The van der Waals surface area contributed by atoms with Crippen LogP contribution in [0.2, 0.25) is 5.02 Å². The molecule has 1 amide bonds. The van der Waals surface area contributed by atoms with Crippen molar-refractivity contribution in [2.75, 3.05) is 6.54 Å². The van der Waals surface area contributed by atoms with E-state index in [0.29, 0.717) is 28.0 Å². The van der Waals surface area contributed by atoms with Gasteiger partial charge in [0.2, 0.25) is 0 Å². The average molecular weight is 361 g/mol. The number of hydrogen-bond acceptors (Lipinski definition) is 2. The Bertz CT molecular complexity index is 515. The van der Waals surface area contributed by atoms with Crippen LogP contribution in [0.4, 0.5) is 0 Å². The fourth-order valence-corrected chi connectivity index (χ4v) is 3.31. The van der Waals surface area contributed by atoms with E-state index in [1.54, 1.807) is 18.2 Å². The zero-order chi connectivity index (χ0) is 14.7. The first-order valence-corrected chi connectivity index (χ1v) is 7.66. The van der Waals surface area contributed by atoms with Crippen LogP contribution in [0, 0.1) is 0 Å². The SMILES string of the molecule is O=C(O)C1CCCCCN1C(=O)c1cc(Cl)cc(Br)c1. The van der Waals surface area contributed by atoms with Crippen molar-refractivity contribution in [1.29, 1.82) is 0 Å². The number of carboxylic acids is 1. The number of rotatable bonds is 2. The standard InChI is InChI=1S/C14H15BrClNO3/c15-10-6-9(7-11(16)8-10)13(18)17-5-3-1-2-4-12(17)14(19)20/h6-8,12H,1-5H2,(H,19,20). The van der Waals surface area contributed by atoms with Gasteiger partial charge in [-0.3, -0.25) is 4.79 Å². The van der Waals surface area contributed by atoms with Crippen molar-refractivity contribution in [3.63, 3.8) is 0 Å². The van der Waals surface area contributed by atoms with E-state index in [0.717, 1.165) is 19.3 Å². The molecule has 2 rings (SSSR count). The molecule has 0 aromatic heterocycles. The Labute approximate surface area is 130 Å². The molecule has 1 atom stereocenters. The molecule has 1 aliphatic rings. The number of nitrogens with zero attached hydrogens (tertiary/aromatic N) is 1. The molecule has 4 nitrogen and oxygen atoms in total. The highest BCUT2D eigenvalue weighted by atomic mass is 79.9. The zero-order valence-electron chi connectivity index (χ0n) is 10.8. The number of carboxylic acid groups (broad SMARTS) is 1. The van der Waals surface area contributed by atoms with Gasteiger partial charge in [0.25, 0.3) is 5.91 Å². The van der Waals surface area contributed by atoms with E-state index in [-0.39, 0.29) is 5.91 Å². The number of aliphatic carboxylic acids is 1. The van der Waals surface area contributed by atoms with Gasteiger partial charge < -0.3 is 10.0 Å². The highest BCUT2D eigenvalue weighted by Gasteiger charge is 2.31. The Morgan fingerprint density at radius 3 is 2.65 bits per heavy atom. The molecule has 108 valence electrons. The highest BCUT2D eigenvalue weighted by molar-refractivity contribution is 9.10. The van der Waals surface area contributed by atoms with E-state index in [4.69, 9.17) is 11.6 Å². The van der Waals surface area contributed by atoms with E-state index in [1.165, 1.54) is 4.90 Å². The van der Waals surface area contributed by atoms with Crippen LogP contribution in [0.3, 0.4) is 0 Å². The molecule has 0 bridgehead atoms. The maximum atomic E-state index is 12.6. The Morgan fingerprint density at radius 2 is 2.00 bits per heavy atom. The van der Waals surface area contributed by atoms with Gasteiger partial charge in [-0.15, -0.1) is 0 Å². The second kappa shape index (κ2) is 6.59. The summed E-state index contributed by atoms with van der Waals surface area (Å²) in [4.78, 5) is 25.4. The smallest absolute Gasteiger partial charge is 0.326 e. The minimum Gasteiger partial charge on any atom is -0.480 e. The van der Waals surface area contributed by atoms with Crippen LogP contribution in [0.5, 0.6) is 0 Å². The van der Waals surface area contributed by atoms with Crippen LogP contribution in [-0.4, -0.2) is 34.5 Å². The third-order valence-corrected chi connectivity index (χ3v) is 4.08. The summed E-state index contributed by atoms with van der Waals surface area (Å²) in [5.41, 5.74) is 0.414. The van der Waals surface area contributed by atoms with Crippen molar-refractivity contribution in [1.82, 2.24) is 4.90 Å². The van der Waals surface area contributed by atoms with Crippen molar-refractivity contribution >= 4 is 39.4 Å². The molecule has 0 saturated carbocycles. The number of likely N-dealkylation sites (tertiary alicyclic amines) is 1. The third kappa shape index (κ3) is 3.52. The molecule has 1 aromatic carbocycles. The topological polar surface area (TPSA) is 57.6 Å². The zero-order valence-corrected chi connectivity index (χ0v) is 13.2. The van der Waals surface area contributed by atoms with Gasteiger partial charge in [-0.2, -0.15) is 0 Å². The molecule has 1 fully saturated rings. The van der Waals surface area contributed by atoms with Crippen LogP contribution < -0.4 is 0 Å². The minimum absolute atomic E-state index is 0.275. The number of hydrogen-bond donors (Lipinski definition) is 1. The van der Waals surface area contributed by atoms with E-state index in [9.17, 15) is 14.7 Å². The number of halogens is 2. The van der Waals surface area contributed by atoms with Crippen LogP contribution in [-0.2, 0) is 4.79 Å². The molecule has 1 aromatic rings. The summed E-state index contributed by atoms with van der Waals surface area (Å²) in [7, 11) is 0. The minimum atomic E-state index is -0.943. The lowest BCUT2D eigenvalue weighted by Gasteiger charge is -2.27. The molecule has 1 heterocycles. The molecular formula is C14H15BrClNO3. The molecule has 1 aliphatic heterocycles. The Morgan fingerprint density at radius 1 is 1.25 bits per heavy atom. The van der Waals surface area contributed by atoms with Gasteiger partial charge in [-0.1, -0.05) is 40.4 Å². The Kier molecular flexibility index (Phi) is 5.05. The van der Waals surface area contributed by atoms with E-state index < -0.39 is 12.0 Å². The highest BCUT2D eigenvalue weighted by Crippen LogP contribution is 2.24. The second-order valence-corrected chi connectivity index (χ2v) is 6.21. The number of carbonyl (C=O) groups excluding carboxylic acids is 1. The molecular weight excluding hydrogens is 346 g/mol. The van der Waals surface area contributed by atoms with Crippen LogP contribution >= 0.6 is 27.5 Å². The van der Waals surface area contributed by atoms with Gasteiger partial charge in [-0.05, 0) is 31.0 Å². The van der Waals surface area contributed by atoms with Crippen LogP contribution in [0.1, 0.15) is 36.0 Å². The van der Waals surface area contributed by atoms with E-state index >= 15 is 0 Å². The lowest BCUT2D eigenvalue weighted by atomic mass is 10.1. The summed E-state index contributed by atoms with van der Waals surface area (Å²) < 4.78 is 0.704. The summed E-state index contributed by atoms with van der Waals surface area (Å²) in [5, 5.41) is 9.76. The second-order valence-electron chi connectivity index (χ2n) is 4.86. The largest absolute Gasteiger partial charge is 0.480 e. The quantitative estimate of drug-likeness (QED) is 0.877. The first-order chi connectivity index (χ1) is 9.49. The molecule has 0 radical (unpaired) electrons. The van der Waals surface area contributed by atoms with Gasteiger partial charge in [0.15, 0.2) is 0 Å². The first kappa shape index (κ1) is 15.3.